The van der Waals surface area contributed by atoms with Crippen LogP contribution in [0, 0.1) is 5.92 Å². The maximum Gasteiger partial charge on any atom is 0.407 e. The second-order valence-electron chi connectivity index (χ2n) is 7.63. The summed E-state index contributed by atoms with van der Waals surface area (Å²) >= 11 is 0. The Morgan fingerprint density at radius 1 is 1.03 bits per heavy atom. The lowest BCUT2D eigenvalue weighted by Crippen LogP contribution is -2.44. The Labute approximate surface area is 188 Å². The van der Waals surface area contributed by atoms with E-state index in [1.807, 2.05) is 13.8 Å². The van der Waals surface area contributed by atoms with Gasteiger partial charge in [-0.05, 0) is 36.5 Å². The monoisotopic (exact) mass is 450 g/mol. The van der Waals surface area contributed by atoms with E-state index in [0.717, 1.165) is 5.56 Å². The molecule has 0 fully saturated rings. The van der Waals surface area contributed by atoms with Gasteiger partial charge >= 0.3 is 12.1 Å². The zero-order chi connectivity index (χ0) is 23.9. The van der Waals surface area contributed by atoms with E-state index in [9.17, 15) is 19.2 Å². The van der Waals surface area contributed by atoms with Gasteiger partial charge in [-0.3, -0.25) is 9.59 Å². The van der Waals surface area contributed by atoms with Crippen LogP contribution in [-0.2, 0) is 20.9 Å². The van der Waals surface area contributed by atoms with Gasteiger partial charge in [0.1, 0.15) is 12.6 Å². The molecule has 0 radical (unpaired) electrons. The molecule has 0 unspecified atom stereocenters. The number of hydrogen-bond acceptors (Lipinski definition) is 6. The van der Waals surface area contributed by atoms with Gasteiger partial charge in [0, 0.05) is 31.7 Å². The number of anilines is 1. The average Bonchev–Trinajstić information content (AvgIpc) is 2.73. The largest absolute Gasteiger partial charge is 0.445 e. The lowest BCUT2D eigenvalue weighted by Gasteiger charge is -2.19. The van der Waals surface area contributed by atoms with Crippen molar-refractivity contribution in [2.24, 2.45) is 17.4 Å². The quantitative estimate of drug-likeness (QED) is 0.242. The first-order chi connectivity index (χ1) is 15.2. The van der Waals surface area contributed by atoms with Crippen molar-refractivity contribution < 1.29 is 23.9 Å². The van der Waals surface area contributed by atoms with Crippen LogP contribution >= 0.6 is 0 Å². The number of ether oxygens (including phenoxy) is 1. The number of hydrogen-bond donors (Lipinski definition) is 6. The van der Waals surface area contributed by atoms with E-state index < -0.39 is 18.2 Å². The highest BCUT2D eigenvalue weighted by Gasteiger charge is 2.21. The zero-order valence-electron chi connectivity index (χ0n) is 18.6. The second kappa shape index (κ2) is 14.6. The molecule has 0 aliphatic rings. The molecule has 11 nitrogen and oxygen atoms in total. The molecular formula is C21H34N6O5. The van der Waals surface area contributed by atoms with Crippen LogP contribution in [0.1, 0.15) is 38.7 Å². The standard InChI is InChI=1S/C21H34N6O5/c1-14(2)12-18(28)27-17(4-3-10-24-20(23)30)19(29)26-16-7-5-15(6-8-16)13-32-21(31)25-11-9-22/h5-8,14,17H,3-4,9-13,22H2,1-2H3,(H,25,31)(H,26,29)(H,27,28)(H3,23,24,30)/t17-/m0/s1. The van der Waals surface area contributed by atoms with Crippen LogP contribution < -0.4 is 32.7 Å². The predicted octanol–water partition coefficient (Wildman–Crippen LogP) is 0.789. The SMILES string of the molecule is CC(C)CC(=O)N[C@@H](CCCNC(N)=O)C(=O)Nc1ccc(COC(=O)NCCN)cc1. The van der Waals surface area contributed by atoms with Crippen LogP contribution in [-0.4, -0.2) is 49.6 Å². The minimum absolute atomic E-state index is 0.0748. The molecule has 1 atom stereocenters. The van der Waals surface area contributed by atoms with Crippen LogP contribution in [0.3, 0.4) is 0 Å². The molecule has 0 aliphatic carbocycles. The third kappa shape index (κ3) is 11.7. The van der Waals surface area contributed by atoms with E-state index in [4.69, 9.17) is 16.2 Å². The van der Waals surface area contributed by atoms with E-state index in [-0.39, 0.29) is 24.3 Å². The molecule has 178 valence electrons. The molecule has 0 spiro atoms. The zero-order valence-corrected chi connectivity index (χ0v) is 18.6. The van der Waals surface area contributed by atoms with Crippen LogP contribution in [0.5, 0.6) is 0 Å². The van der Waals surface area contributed by atoms with Gasteiger partial charge in [0.2, 0.25) is 11.8 Å². The first-order valence-corrected chi connectivity index (χ1v) is 10.5. The molecular weight excluding hydrogens is 416 g/mol. The van der Waals surface area contributed by atoms with Crippen LogP contribution in [0.2, 0.25) is 0 Å². The molecule has 1 rings (SSSR count). The molecule has 1 aromatic carbocycles. The van der Waals surface area contributed by atoms with Crippen molar-refractivity contribution in [3.8, 4) is 0 Å². The number of nitrogens with two attached hydrogens (primary N) is 2. The third-order valence-electron chi connectivity index (χ3n) is 4.22. The summed E-state index contributed by atoms with van der Waals surface area (Å²) in [6.45, 7) is 4.86. The lowest BCUT2D eigenvalue weighted by molar-refractivity contribution is -0.127. The molecule has 1 aromatic rings. The lowest BCUT2D eigenvalue weighted by atomic mass is 10.1. The van der Waals surface area contributed by atoms with Gasteiger partial charge in [-0.1, -0.05) is 26.0 Å². The van der Waals surface area contributed by atoms with Gasteiger partial charge in [0.25, 0.3) is 0 Å². The summed E-state index contributed by atoms with van der Waals surface area (Å²) in [5.74, 6) is -0.433. The minimum atomic E-state index is -0.759. The fraction of sp³-hybridized carbons (Fsp3) is 0.524. The number of urea groups is 1. The number of amides is 5. The minimum Gasteiger partial charge on any atom is -0.445 e. The van der Waals surface area contributed by atoms with Crippen molar-refractivity contribution in [3.63, 3.8) is 0 Å². The van der Waals surface area contributed by atoms with Gasteiger partial charge < -0.3 is 37.5 Å². The Hall–Kier alpha value is -3.34. The number of carbonyl (C=O) groups is 4. The number of benzene rings is 1. The van der Waals surface area contributed by atoms with E-state index in [1.54, 1.807) is 24.3 Å². The molecule has 5 amide bonds. The van der Waals surface area contributed by atoms with E-state index >= 15 is 0 Å². The molecule has 0 aliphatic heterocycles. The maximum absolute atomic E-state index is 12.7. The average molecular weight is 451 g/mol. The predicted molar refractivity (Wildman–Crippen MR) is 121 cm³/mol. The van der Waals surface area contributed by atoms with Crippen LogP contribution in [0.15, 0.2) is 24.3 Å². The first kappa shape index (κ1) is 26.7. The number of carbonyl (C=O) groups excluding carboxylic acids is 4. The Kier molecular flexibility index (Phi) is 12.2. The molecule has 8 N–H and O–H groups in total. The van der Waals surface area contributed by atoms with Crippen molar-refractivity contribution in [2.75, 3.05) is 25.0 Å². The topological polar surface area (TPSA) is 178 Å². The smallest absolute Gasteiger partial charge is 0.407 e. The van der Waals surface area contributed by atoms with E-state index in [2.05, 4.69) is 21.3 Å². The van der Waals surface area contributed by atoms with Gasteiger partial charge in [0.15, 0.2) is 0 Å². The molecule has 0 heterocycles. The summed E-state index contributed by atoms with van der Waals surface area (Å²) in [4.78, 5) is 47.2. The highest BCUT2D eigenvalue weighted by molar-refractivity contribution is 5.97. The van der Waals surface area contributed by atoms with Gasteiger partial charge in [-0.25, -0.2) is 9.59 Å². The summed E-state index contributed by atoms with van der Waals surface area (Å²) in [5.41, 5.74) is 11.6. The fourth-order valence-corrected chi connectivity index (χ4v) is 2.70. The Morgan fingerprint density at radius 2 is 1.72 bits per heavy atom. The molecule has 0 saturated carbocycles. The van der Waals surface area contributed by atoms with Crippen molar-refractivity contribution in [2.45, 2.75) is 45.8 Å². The van der Waals surface area contributed by atoms with Crippen LogP contribution in [0.4, 0.5) is 15.3 Å². The van der Waals surface area contributed by atoms with Crippen LogP contribution in [0.25, 0.3) is 0 Å². The first-order valence-electron chi connectivity index (χ1n) is 10.5. The van der Waals surface area contributed by atoms with E-state index in [1.165, 1.54) is 0 Å². The normalized spacial score (nSPS) is 11.4. The van der Waals surface area contributed by atoms with Crippen molar-refractivity contribution in [1.29, 1.82) is 0 Å². The van der Waals surface area contributed by atoms with Crippen molar-refractivity contribution in [1.82, 2.24) is 16.0 Å². The maximum atomic E-state index is 12.7. The Morgan fingerprint density at radius 3 is 2.31 bits per heavy atom. The fourth-order valence-electron chi connectivity index (χ4n) is 2.70. The summed E-state index contributed by atoms with van der Waals surface area (Å²) in [6, 6.07) is 5.39. The summed E-state index contributed by atoms with van der Waals surface area (Å²) in [5, 5.41) is 10.5. The number of nitrogens with one attached hydrogen (secondary N) is 4. The summed E-state index contributed by atoms with van der Waals surface area (Å²) < 4.78 is 5.06. The summed E-state index contributed by atoms with van der Waals surface area (Å²) in [6.07, 6.45) is 0.543. The Balaban J connectivity index is 2.64. The third-order valence-corrected chi connectivity index (χ3v) is 4.22. The molecule has 11 heteroatoms. The number of alkyl carbamates (subject to hydrolysis) is 1. The molecule has 32 heavy (non-hydrogen) atoms. The highest BCUT2D eigenvalue weighted by Crippen LogP contribution is 2.12. The van der Waals surface area contributed by atoms with E-state index in [0.29, 0.717) is 44.6 Å². The molecule has 0 bridgehead atoms. The summed E-state index contributed by atoms with van der Waals surface area (Å²) in [7, 11) is 0. The van der Waals surface area contributed by atoms with Gasteiger partial charge in [-0.15, -0.1) is 0 Å². The number of rotatable bonds is 13. The second-order valence-corrected chi connectivity index (χ2v) is 7.63. The van der Waals surface area contributed by atoms with Crippen molar-refractivity contribution in [3.05, 3.63) is 29.8 Å². The van der Waals surface area contributed by atoms with Gasteiger partial charge in [0.05, 0.1) is 0 Å². The van der Waals surface area contributed by atoms with Crippen molar-refractivity contribution >= 4 is 29.6 Å². The Bertz CT molecular complexity index is 754. The number of primary amides is 1. The molecule has 0 saturated heterocycles. The highest BCUT2D eigenvalue weighted by atomic mass is 16.5. The molecule has 0 aromatic heterocycles. The van der Waals surface area contributed by atoms with Gasteiger partial charge in [-0.2, -0.15) is 0 Å².